The third-order valence-corrected chi connectivity index (χ3v) is 4.93. The highest BCUT2D eigenvalue weighted by Gasteiger charge is 2.25. The van der Waals surface area contributed by atoms with Gasteiger partial charge in [0.05, 0.1) is 15.5 Å². The zero-order valence-electron chi connectivity index (χ0n) is 14.3. The number of halogens is 2. The molecular formula is C18H24ClFN2O2S. The zero-order valence-corrected chi connectivity index (χ0v) is 15.9. The molecule has 0 unspecified atom stereocenters. The predicted octanol–water partition coefficient (Wildman–Crippen LogP) is 5.07. The monoisotopic (exact) mass is 386 g/mol. The molecule has 0 spiro atoms. The summed E-state index contributed by atoms with van der Waals surface area (Å²) in [6, 6.07) is 4.24. The summed E-state index contributed by atoms with van der Waals surface area (Å²) in [7, 11) is 0. The van der Waals surface area contributed by atoms with Crippen LogP contribution in [0.1, 0.15) is 63.3 Å². The van der Waals surface area contributed by atoms with Gasteiger partial charge in [-0.2, -0.15) is 0 Å². The Hall–Kier alpha value is -1.63. The second-order valence-corrected chi connectivity index (χ2v) is 7.21. The third-order valence-electron chi connectivity index (χ3n) is 3.87. The highest BCUT2D eigenvalue weighted by Crippen LogP contribution is 2.30. The molecule has 0 aliphatic carbocycles. The number of Topliss-reactive ketones (excluding diaryl/α,β-unsaturated/α-hetero) is 1. The first kappa shape index (κ1) is 19.7. The number of hydrogen-bond acceptors (Lipinski definition) is 5. The van der Waals surface area contributed by atoms with Crippen molar-refractivity contribution in [2.24, 2.45) is 0 Å². The maximum Gasteiger partial charge on any atom is 0.209 e. The van der Waals surface area contributed by atoms with Crippen LogP contribution in [0.2, 0.25) is 5.02 Å². The molecule has 0 fully saturated rings. The topological polar surface area (TPSA) is 59.1 Å². The van der Waals surface area contributed by atoms with E-state index >= 15 is 4.39 Å². The maximum atomic E-state index is 15.1. The Morgan fingerprint density at radius 1 is 1.40 bits per heavy atom. The Labute approximate surface area is 158 Å². The Morgan fingerprint density at radius 2 is 2.12 bits per heavy atom. The van der Waals surface area contributed by atoms with Crippen LogP contribution in [0.4, 0.5) is 4.39 Å². The van der Waals surface area contributed by atoms with Gasteiger partial charge in [-0.05, 0) is 43.9 Å². The standard InChI is InChI=1S/C18H20ClFN2O2S.2H2/c1-4-14(22-10(2)9-11(3)23)12-5-6-13(19)16(17(12)20)18(24)15-7-8-21-25-15;;/h5-8,10,14,22H,4,9H2,1-3H3;2*1H/t10-,14-;;/m1../s1. The van der Waals surface area contributed by atoms with Crippen molar-refractivity contribution in [1.82, 2.24) is 9.69 Å². The van der Waals surface area contributed by atoms with Crippen molar-refractivity contribution in [3.8, 4) is 0 Å². The van der Waals surface area contributed by atoms with Crippen LogP contribution in [0.25, 0.3) is 0 Å². The summed E-state index contributed by atoms with van der Waals surface area (Å²) in [5.41, 5.74) is 0.234. The van der Waals surface area contributed by atoms with Gasteiger partial charge in [-0.25, -0.2) is 8.76 Å². The van der Waals surface area contributed by atoms with Gasteiger partial charge in [0.1, 0.15) is 11.6 Å². The second kappa shape index (κ2) is 8.65. The average molecular weight is 387 g/mol. The lowest BCUT2D eigenvalue weighted by molar-refractivity contribution is -0.117. The molecule has 4 nitrogen and oxygen atoms in total. The molecule has 0 saturated heterocycles. The molecule has 1 heterocycles. The fourth-order valence-corrected chi connectivity index (χ4v) is 3.54. The summed E-state index contributed by atoms with van der Waals surface area (Å²) in [6.07, 6.45) is 2.46. The molecule has 0 amide bonds. The second-order valence-electron chi connectivity index (χ2n) is 5.97. The van der Waals surface area contributed by atoms with Gasteiger partial charge in [0, 0.05) is 33.1 Å². The number of hydrogen-bond donors (Lipinski definition) is 1. The molecule has 0 aliphatic heterocycles. The van der Waals surface area contributed by atoms with Gasteiger partial charge in [-0.15, -0.1) is 0 Å². The number of nitrogens with zero attached hydrogens (tertiary/aromatic N) is 1. The number of carbonyl (C=O) groups is 2. The SMILES string of the molecule is CC[C@@H](N[C@H](C)CC(C)=O)c1ccc(Cl)c(C(=O)c2ccns2)c1F.[HH].[HH]. The molecular weight excluding hydrogens is 363 g/mol. The van der Waals surface area contributed by atoms with E-state index in [0.717, 1.165) is 11.5 Å². The quantitative estimate of drug-likeness (QED) is 0.643. The number of aromatic nitrogens is 1. The first-order valence-corrected chi connectivity index (χ1v) is 9.19. The molecule has 2 rings (SSSR count). The molecule has 0 radical (unpaired) electrons. The van der Waals surface area contributed by atoms with Crippen LogP contribution in [0.5, 0.6) is 0 Å². The first-order chi connectivity index (χ1) is 11.8. The minimum atomic E-state index is -0.625. The molecule has 0 aliphatic rings. The van der Waals surface area contributed by atoms with E-state index in [2.05, 4.69) is 9.69 Å². The Balaban J connectivity index is 0.00000338. The van der Waals surface area contributed by atoms with Gasteiger partial charge in [0.15, 0.2) is 0 Å². The number of benzene rings is 1. The number of nitrogens with one attached hydrogen (secondary N) is 1. The van der Waals surface area contributed by atoms with Gasteiger partial charge < -0.3 is 5.32 Å². The van der Waals surface area contributed by atoms with Crippen molar-refractivity contribution in [3.63, 3.8) is 0 Å². The van der Waals surface area contributed by atoms with Crippen molar-refractivity contribution in [2.45, 2.75) is 45.7 Å². The molecule has 2 atom stereocenters. The van der Waals surface area contributed by atoms with E-state index in [1.54, 1.807) is 12.1 Å². The van der Waals surface area contributed by atoms with E-state index in [1.165, 1.54) is 19.2 Å². The van der Waals surface area contributed by atoms with Crippen LogP contribution < -0.4 is 5.32 Å². The molecule has 0 saturated carbocycles. The van der Waals surface area contributed by atoms with Crippen LogP contribution in [-0.4, -0.2) is 22.0 Å². The molecule has 1 N–H and O–H groups in total. The molecule has 1 aromatic heterocycles. The Morgan fingerprint density at radius 3 is 2.68 bits per heavy atom. The van der Waals surface area contributed by atoms with Crippen LogP contribution in [-0.2, 0) is 4.79 Å². The Bertz CT molecular complexity index is 775. The van der Waals surface area contributed by atoms with Gasteiger partial charge in [-0.3, -0.25) is 9.59 Å². The summed E-state index contributed by atoms with van der Waals surface area (Å²) in [6.45, 7) is 5.31. The molecule has 1 aromatic carbocycles. The average Bonchev–Trinajstić information content (AvgIpc) is 3.07. The highest BCUT2D eigenvalue weighted by molar-refractivity contribution is 7.08. The van der Waals surface area contributed by atoms with Crippen molar-refractivity contribution in [3.05, 3.63) is 51.2 Å². The van der Waals surface area contributed by atoms with E-state index in [0.29, 0.717) is 23.3 Å². The van der Waals surface area contributed by atoms with Crippen LogP contribution in [0.3, 0.4) is 0 Å². The lowest BCUT2D eigenvalue weighted by Gasteiger charge is -2.23. The number of rotatable bonds is 8. The van der Waals surface area contributed by atoms with Gasteiger partial charge >= 0.3 is 0 Å². The lowest BCUT2D eigenvalue weighted by Crippen LogP contribution is -2.32. The van der Waals surface area contributed by atoms with E-state index in [-0.39, 0.29) is 31.3 Å². The smallest absolute Gasteiger partial charge is 0.209 e. The van der Waals surface area contributed by atoms with Crippen molar-refractivity contribution >= 4 is 34.7 Å². The molecule has 2 aromatic rings. The first-order valence-electron chi connectivity index (χ1n) is 8.03. The fraction of sp³-hybridized carbons (Fsp3) is 0.389. The third kappa shape index (κ3) is 4.71. The van der Waals surface area contributed by atoms with E-state index in [4.69, 9.17) is 11.6 Å². The predicted molar refractivity (Wildman–Crippen MR) is 102 cm³/mol. The highest BCUT2D eigenvalue weighted by atomic mass is 35.5. The normalized spacial score (nSPS) is 13.5. The fourth-order valence-electron chi connectivity index (χ4n) is 2.76. The van der Waals surface area contributed by atoms with E-state index in [9.17, 15) is 9.59 Å². The zero-order chi connectivity index (χ0) is 18.6. The largest absolute Gasteiger partial charge is 0.307 e. The lowest BCUT2D eigenvalue weighted by atomic mass is 9.97. The molecule has 138 valence electrons. The van der Waals surface area contributed by atoms with Crippen LogP contribution >= 0.6 is 23.1 Å². The van der Waals surface area contributed by atoms with Crippen molar-refractivity contribution < 1.29 is 16.8 Å². The summed E-state index contributed by atoms with van der Waals surface area (Å²) in [5, 5.41) is 3.33. The minimum absolute atomic E-state index is 0. The maximum absolute atomic E-state index is 15.1. The molecule has 0 bridgehead atoms. The minimum Gasteiger partial charge on any atom is -0.307 e. The van der Waals surface area contributed by atoms with Crippen LogP contribution in [0, 0.1) is 5.82 Å². The Kier molecular flexibility index (Phi) is 6.81. The number of ketones is 2. The van der Waals surface area contributed by atoms with Crippen molar-refractivity contribution in [1.29, 1.82) is 0 Å². The number of carbonyl (C=O) groups excluding carboxylic acids is 2. The molecule has 7 heteroatoms. The van der Waals surface area contributed by atoms with Crippen LogP contribution in [0.15, 0.2) is 24.4 Å². The van der Waals surface area contributed by atoms with Gasteiger partial charge in [0.25, 0.3) is 0 Å². The van der Waals surface area contributed by atoms with Gasteiger partial charge in [0.2, 0.25) is 5.78 Å². The summed E-state index contributed by atoms with van der Waals surface area (Å²) in [5.74, 6) is -1.04. The van der Waals surface area contributed by atoms with E-state index < -0.39 is 11.6 Å². The van der Waals surface area contributed by atoms with E-state index in [1.807, 2.05) is 13.8 Å². The summed E-state index contributed by atoms with van der Waals surface area (Å²) in [4.78, 5) is 24.2. The van der Waals surface area contributed by atoms with Crippen molar-refractivity contribution in [2.75, 3.05) is 0 Å². The van der Waals surface area contributed by atoms with Gasteiger partial charge in [-0.1, -0.05) is 24.6 Å². The summed E-state index contributed by atoms with van der Waals surface area (Å²) < 4.78 is 19.0. The molecule has 25 heavy (non-hydrogen) atoms. The summed E-state index contributed by atoms with van der Waals surface area (Å²) >= 11 is 7.10.